The predicted molar refractivity (Wildman–Crippen MR) is 61.2 cm³/mol. The van der Waals surface area contributed by atoms with Gasteiger partial charge in [-0.15, -0.1) is 0 Å². The van der Waals surface area contributed by atoms with Crippen LogP contribution in [0.1, 0.15) is 42.7 Å². The Morgan fingerprint density at radius 1 is 1.44 bits per heavy atom. The van der Waals surface area contributed by atoms with Gasteiger partial charge in [-0.3, -0.25) is 4.79 Å². The van der Waals surface area contributed by atoms with Crippen LogP contribution in [0.3, 0.4) is 0 Å². The molecule has 0 atom stereocenters. The molecule has 16 heavy (non-hydrogen) atoms. The van der Waals surface area contributed by atoms with Crippen LogP contribution in [0.2, 0.25) is 0 Å². The fraction of sp³-hybridized carbons (Fsp3) is 0.500. The summed E-state index contributed by atoms with van der Waals surface area (Å²) in [6.07, 6.45) is 9.54. The zero-order valence-corrected chi connectivity index (χ0v) is 9.19. The number of hydrogen-bond donors (Lipinski definition) is 1. The molecule has 1 aromatic heterocycles. The van der Waals surface area contributed by atoms with E-state index in [1.807, 2.05) is 6.21 Å². The topological polar surface area (TPSA) is 54.6 Å². The number of nitrogens with one attached hydrogen (secondary N) is 1. The maximum absolute atomic E-state index is 11.4. The Bertz CT molecular complexity index is 351. The maximum Gasteiger partial charge on any atom is 0.307 e. The minimum Gasteiger partial charge on any atom is -0.459 e. The summed E-state index contributed by atoms with van der Waals surface area (Å²) in [4.78, 5) is 11.4. The van der Waals surface area contributed by atoms with Crippen molar-refractivity contribution >= 4 is 12.1 Å². The molecule has 1 amide bonds. The smallest absolute Gasteiger partial charge is 0.307 e. The minimum atomic E-state index is -0.294. The molecular formula is C12H16N2O2. The molecule has 1 saturated carbocycles. The van der Waals surface area contributed by atoms with Crippen molar-refractivity contribution in [3.05, 3.63) is 24.2 Å². The second-order valence-corrected chi connectivity index (χ2v) is 4.09. The third-order valence-electron chi connectivity index (χ3n) is 2.85. The van der Waals surface area contributed by atoms with Gasteiger partial charge in [-0.2, -0.15) is 5.10 Å². The highest BCUT2D eigenvalue weighted by atomic mass is 16.3. The Morgan fingerprint density at radius 3 is 2.94 bits per heavy atom. The molecule has 1 aromatic rings. The number of nitrogens with zero attached hydrogens (tertiary/aromatic N) is 1. The van der Waals surface area contributed by atoms with Crippen LogP contribution in [-0.4, -0.2) is 12.1 Å². The highest BCUT2D eigenvalue weighted by Gasteiger charge is 2.11. The summed E-state index contributed by atoms with van der Waals surface area (Å²) in [5.41, 5.74) is 2.47. The lowest BCUT2D eigenvalue weighted by atomic mass is 9.90. The molecule has 0 aliphatic heterocycles. The van der Waals surface area contributed by atoms with E-state index in [4.69, 9.17) is 4.42 Å². The molecule has 0 radical (unpaired) electrons. The minimum absolute atomic E-state index is 0.292. The highest BCUT2D eigenvalue weighted by molar-refractivity contribution is 5.91. The first-order chi connectivity index (χ1) is 7.86. The molecular weight excluding hydrogens is 204 g/mol. The van der Waals surface area contributed by atoms with Gasteiger partial charge in [-0.05, 0) is 30.9 Å². The standard InChI is InChI=1S/C12H16N2O2/c15-12(11-7-4-8-16-11)14-13-9-10-5-2-1-3-6-10/h4,7-10H,1-3,5-6H2,(H,14,15). The zero-order valence-electron chi connectivity index (χ0n) is 9.19. The summed E-state index contributed by atoms with van der Waals surface area (Å²) >= 11 is 0. The Kier molecular flexibility index (Phi) is 3.75. The molecule has 2 rings (SSSR count). The second kappa shape index (κ2) is 5.49. The summed E-state index contributed by atoms with van der Waals surface area (Å²) in [7, 11) is 0. The van der Waals surface area contributed by atoms with Crippen molar-refractivity contribution < 1.29 is 9.21 Å². The zero-order chi connectivity index (χ0) is 11.2. The quantitative estimate of drug-likeness (QED) is 0.628. The molecule has 86 valence electrons. The summed E-state index contributed by atoms with van der Waals surface area (Å²) in [5.74, 6) is 0.517. The number of hydrazone groups is 1. The monoisotopic (exact) mass is 220 g/mol. The molecule has 1 aliphatic carbocycles. The fourth-order valence-corrected chi connectivity index (χ4v) is 1.95. The first-order valence-electron chi connectivity index (χ1n) is 5.73. The van der Waals surface area contributed by atoms with Crippen molar-refractivity contribution in [3.63, 3.8) is 0 Å². The largest absolute Gasteiger partial charge is 0.459 e. The van der Waals surface area contributed by atoms with Crippen molar-refractivity contribution in [3.8, 4) is 0 Å². The molecule has 1 fully saturated rings. The number of hydrogen-bond acceptors (Lipinski definition) is 3. The predicted octanol–water partition coefficient (Wildman–Crippen LogP) is 2.58. The fourth-order valence-electron chi connectivity index (χ4n) is 1.95. The van der Waals surface area contributed by atoms with Crippen molar-refractivity contribution in [1.29, 1.82) is 0 Å². The first kappa shape index (κ1) is 10.9. The third-order valence-corrected chi connectivity index (χ3v) is 2.85. The Labute approximate surface area is 94.7 Å². The van der Waals surface area contributed by atoms with Crippen LogP contribution in [0, 0.1) is 5.92 Å². The molecule has 4 heteroatoms. The van der Waals surface area contributed by atoms with Gasteiger partial charge in [0.1, 0.15) is 0 Å². The molecule has 1 heterocycles. The second-order valence-electron chi connectivity index (χ2n) is 4.09. The van der Waals surface area contributed by atoms with Crippen LogP contribution in [0.5, 0.6) is 0 Å². The van der Waals surface area contributed by atoms with Crippen LogP contribution in [0.4, 0.5) is 0 Å². The van der Waals surface area contributed by atoms with Gasteiger partial charge in [0.15, 0.2) is 5.76 Å². The number of furan rings is 1. The van der Waals surface area contributed by atoms with Crippen LogP contribution >= 0.6 is 0 Å². The van der Waals surface area contributed by atoms with E-state index in [0.717, 1.165) is 0 Å². The number of carbonyl (C=O) groups excluding carboxylic acids is 1. The number of carbonyl (C=O) groups is 1. The van der Waals surface area contributed by atoms with E-state index >= 15 is 0 Å². The maximum atomic E-state index is 11.4. The summed E-state index contributed by atoms with van der Waals surface area (Å²) in [5, 5.41) is 3.97. The van der Waals surface area contributed by atoms with Gasteiger partial charge in [0.2, 0.25) is 0 Å². The van der Waals surface area contributed by atoms with Gasteiger partial charge >= 0.3 is 5.91 Å². The summed E-state index contributed by atoms with van der Waals surface area (Å²) in [6.45, 7) is 0. The van der Waals surface area contributed by atoms with Gasteiger partial charge in [0.05, 0.1) is 6.26 Å². The lowest BCUT2D eigenvalue weighted by molar-refractivity contribution is 0.0927. The molecule has 0 unspecified atom stereocenters. The lowest BCUT2D eigenvalue weighted by Crippen LogP contribution is -2.18. The summed E-state index contributed by atoms with van der Waals surface area (Å²) < 4.78 is 4.95. The van der Waals surface area contributed by atoms with Crippen LogP contribution in [-0.2, 0) is 0 Å². The normalized spacial score (nSPS) is 17.8. The van der Waals surface area contributed by atoms with E-state index in [-0.39, 0.29) is 5.91 Å². The molecule has 0 saturated heterocycles. The highest BCUT2D eigenvalue weighted by Crippen LogP contribution is 2.21. The van der Waals surface area contributed by atoms with Crippen LogP contribution in [0.15, 0.2) is 27.9 Å². The average molecular weight is 220 g/mol. The van der Waals surface area contributed by atoms with Gasteiger partial charge in [0.25, 0.3) is 0 Å². The molecule has 0 spiro atoms. The van der Waals surface area contributed by atoms with E-state index < -0.39 is 0 Å². The first-order valence-corrected chi connectivity index (χ1v) is 5.73. The Balaban J connectivity index is 1.78. The van der Waals surface area contributed by atoms with Crippen molar-refractivity contribution in [2.45, 2.75) is 32.1 Å². The Morgan fingerprint density at radius 2 is 2.25 bits per heavy atom. The van der Waals surface area contributed by atoms with E-state index in [9.17, 15) is 4.79 Å². The number of rotatable bonds is 3. The van der Waals surface area contributed by atoms with Crippen molar-refractivity contribution in [2.75, 3.05) is 0 Å². The SMILES string of the molecule is O=C(NN=CC1CCCCC1)c1ccco1. The molecule has 0 aromatic carbocycles. The summed E-state index contributed by atoms with van der Waals surface area (Å²) in [6, 6.07) is 3.30. The van der Waals surface area contributed by atoms with Crippen LogP contribution < -0.4 is 5.43 Å². The van der Waals surface area contributed by atoms with Gasteiger partial charge < -0.3 is 4.42 Å². The van der Waals surface area contributed by atoms with E-state index in [2.05, 4.69) is 10.5 Å². The third kappa shape index (κ3) is 2.95. The van der Waals surface area contributed by atoms with E-state index in [1.165, 1.54) is 38.4 Å². The van der Waals surface area contributed by atoms with Gasteiger partial charge in [-0.25, -0.2) is 5.43 Å². The van der Waals surface area contributed by atoms with Crippen LogP contribution in [0.25, 0.3) is 0 Å². The Hall–Kier alpha value is -1.58. The molecule has 1 aliphatic rings. The van der Waals surface area contributed by atoms with Gasteiger partial charge in [-0.1, -0.05) is 19.3 Å². The molecule has 4 nitrogen and oxygen atoms in total. The molecule has 0 bridgehead atoms. The van der Waals surface area contributed by atoms with E-state index in [1.54, 1.807) is 12.1 Å². The van der Waals surface area contributed by atoms with E-state index in [0.29, 0.717) is 11.7 Å². The number of amides is 1. The van der Waals surface area contributed by atoms with Crippen molar-refractivity contribution in [2.24, 2.45) is 11.0 Å². The average Bonchev–Trinajstić information content (AvgIpc) is 2.84. The lowest BCUT2D eigenvalue weighted by Gasteiger charge is -2.16. The van der Waals surface area contributed by atoms with Gasteiger partial charge in [0, 0.05) is 6.21 Å². The molecule has 1 N–H and O–H groups in total. The van der Waals surface area contributed by atoms with Crippen molar-refractivity contribution in [1.82, 2.24) is 5.43 Å².